The second-order valence-electron chi connectivity index (χ2n) is 3.78. The molecule has 1 aliphatic heterocycles. The van der Waals surface area contributed by atoms with Crippen molar-refractivity contribution in [2.45, 2.75) is 26.2 Å². The maximum absolute atomic E-state index is 5.71. The average molecular weight is 203 g/mol. The predicted octanol–water partition coefficient (Wildman–Crippen LogP) is 2.85. The lowest BCUT2D eigenvalue weighted by Gasteiger charge is -2.08. The number of ether oxygens (including phenoxy) is 1. The summed E-state index contributed by atoms with van der Waals surface area (Å²) in [5.41, 5.74) is 1.34. The third kappa shape index (κ3) is 2.75. The van der Waals surface area contributed by atoms with E-state index in [9.17, 15) is 0 Å². The molecule has 1 aromatic rings. The Morgan fingerprint density at radius 1 is 1.40 bits per heavy atom. The largest absolute Gasteiger partial charge is 0.442 e. The Hall–Kier alpha value is -1.44. The molecule has 0 aromatic heterocycles. The molecule has 0 atom stereocenters. The molecule has 0 aliphatic carbocycles. The van der Waals surface area contributed by atoms with Gasteiger partial charge >= 0.3 is 0 Å². The molecule has 0 radical (unpaired) electrons. The number of hydrogen-bond acceptors (Lipinski definition) is 2. The summed E-state index contributed by atoms with van der Waals surface area (Å²) in [6.45, 7) is 3.18. The van der Waals surface area contributed by atoms with Crippen molar-refractivity contribution in [1.82, 2.24) is 5.32 Å². The van der Waals surface area contributed by atoms with Crippen molar-refractivity contribution in [3.05, 3.63) is 41.8 Å². The van der Waals surface area contributed by atoms with Crippen molar-refractivity contribution in [1.29, 1.82) is 0 Å². The zero-order chi connectivity index (χ0) is 10.5. The summed E-state index contributed by atoms with van der Waals surface area (Å²) in [4.78, 5) is 0. The molecule has 80 valence electrons. The van der Waals surface area contributed by atoms with Crippen LogP contribution in [0.5, 0.6) is 5.75 Å². The Bertz CT molecular complexity index is 357. The van der Waals surface area contributed by atoms with Gasteiger partial charge in [0.15, 0.2) is 5.88 Å². The fraction of sp³-hybridized carbons (Fsp3) is 0.385. The van der Waals surface area contributed by atoms with Crippen LogP contribution in [0.3, 0.4) is 0 Å². The van der Waals surface area contributed by atoms with Crippen LogP contribution in [0.25, 0.3) is 0 Å². The number of rotatable bonds is 4. The highest BCUT2D eigenvalue weighted by Crippen LogP contribution is 2.17. The minimum atomic E-state index is 0.892. The highest BCUT2D eigenvalue weighted by molar-refractivity contribution is 5.30. The third-order valence-corrected chi connectivity index (χ3v) is 2.44. The van der Waals surface area contributed by atoms with Crippen LogP contribution in [0.4, 0.5) is 0 Å². The molecule has 0 saturated heterocycles. The molecule has 1 aromatic carbocycles. The summed E-state index contributed by atoms with van der Waals surface area (Å²) < 4.78 is 5.71. The van der Waals surface area contributed by atoms with E-state index in [1.54, 1.807) is 0 Å². The summed E-state index contributed by atoms with van der Waals surface area (Å²) in [5, 5.41) is 3.20. The van der Waals surface area contributed by atoms with Gasteiger partial charge in [0, 0.05) is 6.54 Å². The summed E-state index contributed by atoms with van der Waals surface area (Å²) >= 11 is 0. The maximum atomic E-state index is 5.71. The van der Waals surface area contributed by atoms with E-state index in [0.717, 1.165) is 31.0 Å². The number of hydrogen-bond donors (Lipinski definition) is 1. The van der Waals surface area contributed by atoms with E-state index >= 15 is 0 Å². The van der Waals surface area contributed by atoms with Crippen molar-refractivity contribution in [2.24, 2.45) is 0 Å². The van der Waals surface area contributed by atoms with Crippen molar-refractivity contribution >= 4 is 0 Å². The molecule has 0 unspecified atom stereocenters. The predicted molar refractivity (Wildman–Crippen MR) is 61.8 cm³/mol. The molecule has 2 rings (SSSR count). The van der Waals surface area contributed by atoms with Gasteiger partial charge in [-0.1, -0.05) is 25.5 Å². The molecule has 0 spiro atoms. The first-order valence-corrected chi connectivity index (χ1v) is 5.59. The van der Waals surface area contributed by atoms with E-state index in [-0.39, 0.29) is 0 Å². The van der Waals surface area contributed by atoms with E-state index < -0.39 is 0 Å². The SMILES string of the molecule is CCCc1cccc(OC2=CCCN2)c1. The van der Waals surface area contributed by atoms with Crippen molar-refractivity contribution in [2.75, 3.05) is 6.54 Å². The monoisotopic (exact) mass is 203 g/mol. The van der Waals surface area contributed by atoms with Gasteiger partial charge < -0.3 is 10.1 Å². The van der Waals surface area contributed by atoms with Crippen LogP contribution in [-0.2, 0) is 6.42 Å². The van der Waals surface area contributed by atoms with Gasteiger partial charge in [-0.15, -0.1) is 0 Å². The minimum absolute atomic E-state index is 0.892. The van der Waals surface area contributed by atoms with Gasteiger partial charge in [0.25, 0.3) is 0 Å². The quantitative estimate of drug-likeness (QED) is 0.812. The van der Waals surface area contributed by atoms with Crippen molar-refractivity contribution in [3.63, 3.8) is 0 Å². The van der Waals surface area contributed by atoms with Gasteiger partial charge in [0.2, 0.25) is 0 Å². The molecule has 2 heteroatoms. The Labute approximate surface area is 91.0 Å². The third-order valence-electron chi connectivity index (χ3n) is 2.44. The van der Waals surface area contributed by atoms with Gasteiger partial charge in [-0.05, 0) is 36.6 Å². The van der Waals surface area contributed by atoms with Gasteiger partial charge in [-0.2, -0.15) is 0 Å². The lowest BCUT2D eigenvalue weighted by Crippen LogP contribution is -2.12. The Morgan fingerprint density at radius 2 is 2.33 bits per heavy atom. The van der Waals surface area contributed by atoms with Crippen LogP contribution >= 0.6 is 0 Å². The molecule has 2 nitrogen and oxygen atoms in total. The fourth-order valence-electron chi connectivity index (χ4n) is 1.73. The maximum Gasteiger partial charge on any atom is 0.189 e. The second-order valence-corrected chi connectivity index (χ2v) is 3.78. The molecule has 0 fully saturated rings. The number of benzene rings is 1. The van der Waals surface area contributed by atoms with Crippen LogP contribution in [0, 0.1) is 0 Å². The van der Waals surface area contributed by atoms with Gasteiger partial charge in [0.05, 0.1) is 0 Å². The van der Waals surface area contributed by atoms with E-state index in [0.29, 0.717) is 0 Å². The summed E-state index contributed by atoms with van der Waals surface area (Å²) in [6, 6.07) is 8.31. The average Bonchev–Trinajstić information content (AvgIpc) is 2.71. The Balaban J connectivity index is 2.04. The minimum Gasteiger partial charge on any atom is -0.442 e. The van der Waals surface area contributed by atoms with E-state index in [1.807, 2.05) is 6.07 Å². The molecule has 1 aliphatic rings. The number of aryl methyl sites for hydroxylation is 1. The van der Waals surface area contributed by atoms with Gasteiger partial charge in [-0.25, -0.2) is 0 Å². The van der Waals surface area contributed by atoms with Crippen LogP contribution in [0.2, 0.25) is 0 Å². The van der Waals surface area contributed by atoms with Crippen molar-refractivity contribution in [3.8, 4) is 5.75 Å². The first kappa shape index (κ1) is 10.1. The zero-order valence-corrected chi connectivity index (χ0v) is 9.12. The smallest absolute Gasteiger partial charge is 0.189 e. The molecule has 1 heterocycles. The normalized spacial score (nSPS) is 14.6. The molecule has 0 amide bonds. The van der Waals surface area contributed by atoms with Crippen LogP contribution in [0.1, 0.15) is 25.3 Å². The summed E-state index contributed by atoms with van der Waals surface area (Å²) in [6.07, 6.45) is 5.44. The van der Waals surface area contributed by atoms with Crippen LogP contribution < -0.4 is 10.1 Å². The molecule has 0 bridgehead atoms. The topological polar surface area (TPSA) is 21.3 Å². The number of nitrogens with one attached hydrogen (secondary N) is 1. The van der Waals surface area contributed by atoms with Crippen LogP contribution in [-0.4, -0.2) is 6.54 Å². The molecular weight excluding hydrogens is 186 g/mol. The van der Waals surface area contributed by atoms with Gasteiger partial charge in [-0.3, -0.25) is 0 Å². The van der Waals surface area contributed by atoms with Gasteiger partial charge in [0.1, 0.15) is 5.75 Å². The second kappa shape index (κ2) is 4.87. The first-order chi connectivity index (χ1) is 7.38. The molecule has 0 saturated carbocycles. The van der Waals surface area contributed by atoms with Crippen LogP contribution in [0.15, 0.2) is 36.2 Å². The highest BCUT2D eigenvalue weighted by Gasteiger charge is 2.05. The highest BCUT2D eigenvalue weighted by atomic mass is 16.5. The standard InChI is InChI=1S/C13H17NO/c1-2-5-11-6-3-7-12(10-11)15-13-8-4-9-14-13/h3,6-8,10,14H,2,4-5,9H2,1H3. The van der Waals surface area contributed by atoms with E-state index in [1.165, 1.54) is 12.0 Å². The first-order valence-electron chi connectivity index (χ1n) is 5.59. The van der Waals surface area contributed by atoms with Crippen molar-refractivity contribution < 1.29 is 4.74 Å². The molecular formula is C13H17NO. The fourth-order valence-corrected chi connectivity index (χ4v) is 1.73. The molecule has 1 N–H and O–H groups in total. The lowest BCUT2D eigenvalue weighted by molar-refractivity contribution is 0.394. The summed E-state index contributed by atoms with van der Waals surface area (Å²) in [7, 11) is 0. The lowest BCUT2D eigenvalue weighted by atomic mass is 10.1. The Morgan fingerprint density at radius 3 is 3.07 bits per heavy atom. The zero-order valence-electron chi connectivity index (χ0n) is 9.12. The van der Waals surface area contributed by atoms with E-state index in [2.05, 4.69) is 36.5 Å². The Kier molecular flexibility index (Phi) is 3.28. The van der Waals surface area contributed by atoms with E-state index in [4.69, 9.17) is 4.74 Å². The molecule has 15 heavy (non-hydrogen) atoms. The summed E-state index contributed by atoms with van der Waals surface area (Å²) in [5.74, 6) is 1.82.